The summed E-state index contributed by atoms with van der Waals surface area (Å²) in [5, 5.41) is 23.8. The van der Waals surface area contributed by atoms with Crippen molar-refractivity contribution >= 4 is 5.84 Å². The van der Waals surface area contributed by atoms with Crippen molar-refractivity contribution in [3.8, 4) is 11.6 Å². The molecule has 1 heterocycles. The lowest BCUT2D eigenvalue weighted by Gasteiger charge is -2.08. The molecule has 0 fully saturated rings. The van der Waals surface area contributed by atoms with Crippen molar-refractivity contribution in [3.63, 3.8) is 0 Å². The molecule has 0 aliphatic heterocycles. The Labute approximate surface area is 110 Å². The second-order valence-electron chi connectivity index (χ2n) is 3.88. The first-order valence-corrected chi connectivity index (χ1v) is 5.74. The quantitative estimate of drug-likeness (QED) is 0.550. The number of rotatable bonds is 5. The summed E-state index contributed by atoms with van der Waals surface area (Å²) in [6, 6.07) is 8.82. The highest BCUT2D eigenvalue weighted by molar-refractivity contribution is 5.96. The van der Waals surface area contributed by atoms with E-state index < -0.39 is 0 Å². The van der Waals surface area contributed by atoms with Crippen LogP contribution in [0.25, 0.3) is 0 Å². The summed E-state index contributed by atoms with van der Waals surface area (Å²) in [7, 11) is 0. The number of aliphatic hydroxyl groups is 1. The molecule has 0 aliphatic rings. The molecule has 0 saturated heterocycles. The van der Waals surface area contributed by atoms with Crippen molar-refractivity contribution in [2.75, 3.05) is 6.61 Å². The van der Waals surface area contributed by atoms with Crippen molar-refractivity contribution in [2.24, 2.45) is 5.73 Å². The third-order valence-electron chi connectivity index (χ3n) is 2.52. The van der Waals surface area contributed by atoms with Crippen LogP contribution in [-0.4, -0.2) is 27.7 Å². The average Bonchev–Trinajstić information content (AvgIpc) is 2.42. The van der Waals surface area contributed by atoms with Gasteiger partial charge in [0.2, 0.25) is 5.88 Å². The van der Waals surface area contributed by atoms with E-state index in [9.17, 15) is 0 Å². The number of amidine groups is 1. The zero-order chi connectivity index (χ0) is 13.7. The predicted octanol–water partition coefficient (Wildman–Crippen LogP) is 1.09. The van der Waals surface area contributed by atoms with Gasteiger partial charge in [-0.1, -0.05) is 12.1 Å². The summed E-state index contributed by atoms with van der Waals surface area (Å²) < 4.78 is 5.55. The van der Waals surface area contributed by atoms with E-state index in [1.807, 2.05) is 12.1 Å². The van der Waals surface area contributed by atoms with Crippen molar-refractivity contribution in [2.45, 2.75) is 6.42 Å². The number of hydrogen-bond donors (Lipinski definition) is 3. The number of nitrogens with two attached hydrogens (primary N) is 1. The van der Waals surface area contributed by atoms with Gasteiger partial charge in [0.25, 0.3) is 0 Å². The fourth-order valence-corrected chi connectivity index (χ4v) is 1.56. The Kier molecular flexibility index (Phi) is 4.04. The maximum atomic E-state index is 8.83. The van der Waals surface area contributed by atoms with Gasteiger partial charge in [0.15, 0.2) is 0 Å². The summed E-state index contributed by atoms with van der Waals surface area (Å²) in [5.41, 5.74) is 6.85. The van der Waals surface area contributed by atoms with Gasteiger partial charge in [-0.2, -0.15) is 5.10 Å². The summed E-state index contributed by atoms with van der Waals surface area (Å²) >= 11 is 0. The monoisotopic (exact) mass is 258 g/mol. The number of aromatic nitrogens is 2. The third-order valence-corrected chi connectivity index (χ3v) is 2.52. The smallest absolute Gasteiger partial charge is 0.249 e. The van der Waals surface area contributed by atoms with Crippen molar-refractivity contribution in [1.82, 2.24) is 10.2 Å². The Balaban J connectivity index is 2.19. The average molecular weight is 258 g/mol. The zero-order valence-corrected chi connectivity index (χ0v) is 10.2. The molecule has 0 spiro atoms. The van der Waals surface area contributed by atoms with Gasteiger partial charge in [0, 0.05) is 6.61 Å². The lowest BCUT2D eigenvalue weighted by molar-refractivity contribution is 0.299. The van der Waals surface area contributed by atoms with Crippen LogP contribution in [0, 0.1) is 5.41 Å². The SMILES string of the molecule is N=C(N)c1ccnnc1Oc1ccc(CCO)cc1. The largest absolute Gasteiger partial charge is 0.437 e. The van der Waals surface area contributed by atoms with Crippen molar-refractivity contribution in [1.29, 1.82) is 5.41 Å². The van der Waals surface area contributed by atoms with E-state index in [2.05, 4.69) is 10.2 Å². The fourth-order valence-electron chi connectivity index (χ4n) is 1.56. The topological polar surface area (TPSA) is 105 Å². The first kappa shape index (κ1) is 13.0. The molecule has 0 radical (unpaired) electrons. The van der Waals surface area contributed by atoms with Crippen LogP contribution in [-0.2, 0) is 6.42 Å². The van der Waals surface area contributed by atoms with Crippen LogP contribution in [0.5, 0.6) is 11.6 Å². The van der Waals surface area contributed by atoms with Gasteiger partial charge in [-0.05, 0) is 30.2 Å². The van der Waals surface area contributed by atoms with Gasteiger partial charge in [0.1, 0.15) is 11.6 Å². The molecule has 0 bridgehead atoms. The summed E-state index contributed by atoms with van der Waals surface area (Å²) in [6.07, 6.45) is 2.05. The van der Waals surface area contributed by atoms with Crippen molar-refractivity contribution < 1.29 is 9.84 Å². The molecule has 0 amide bonds. The summed E-state index contributed by atoms with van der Waals surface area (Å²) in [5.74, 6) is 0.649. The first-order valence-electron chi connectivity index (χ1n) is 5.74. The Morgan fingerprint density at radius 2 is 2.00 bits per heavy atom. The number of nitrogen functional groups attached to an aromatic ring is 1. The van der Waals surface area contributed by atoms with Crippen LogP contribution in [0.3, 0.4) is 0 Å². The molecule has 4 N–H and O–H groups in total. The molecule has 2 aromatic rings. The molecule has 19 heavy (non-hydrogen) atoms. The number of hydrogen-bond acceptors (Lipinski definition) is 5. The van der Waals surface area contributed by atoms with Crippen LogP contribution >= 0.6 is 0 Å². The van der Waals surface area contributed by atoms with E-state index in [0.717, 1.165) is 5.56 Å². The van der Waals surface area contributed by atoms with Crippen molar-refractivity contribution in [3.05, 3.63) is 47.7 Å². The minimum absolute atomic E-state index is 0.110. The standard InChI is InChI=1S/C13H14N4O2/c14-12(15)11-5-7-16-17-13(11)19-10-3-1-9(2-4-10)6-8-18/h1-5,7,18H,6,8H2,(H3,14,15). The zero-order valence-electron chi connectivity index (χ0n) is 10.2. The maximum absolute atomic E-state index is 8.83. The number of nitrogens with zero attached hydrogens (tertiary/aromatic N) is 2. The number of aliphatic hydroxyl groups excluding tert-OH is 1. The summed E-state index contributed by atoms with van der Waals surface area (Å²) in [4.78, 5) is 0. The Bertz CT molecular complexity index is 569. The highest BCUT2D eigenvalue weighted by Crippen LogP contribution is 2.22. The lowest BCUT2D eigenvalue weighted by atomic mass is 10.1. The normalized spacial score (nSPS) is 10.2. The lowest BCUT2D eigenvalue weighted by Crippen LogP contribution is -2.13. The second-order valence-corrected chi connectivity index (χ2v) is 3.88. The molecule has 1 aromatic heterocycles. The highest BCUT2D eigenvalue weighted by Gasteiger charge is 2.09. The van der Waals surface area contributed by atoms with E-state index in [1.165, 1.54) is 6.20 Å². The van der Waals surface area contributed by atoms with Gasteiger partial charge >= 0.3 is 0 Å². The van der Waals surface area contributed by atoms with E-state index in [4.69, 9.17) is 21.0 Å². The molecule has 0 saturated carbocycles. The van der Waals surface area contributed by atoms with Crippen LogP contribution in [0.2, 0.25) is 0 Å². The molecule has 6 nitrogen and oxygen atoms in total. The van der Waals surface area contributed by atoms with E-state index in [1.54, 1.807) is 18.2 Å². The van der Waals surface area contributed by atoms with Crippen LogP contribution in [0.4, 0.5) is 0 Å². The Morgan fingerprint density at radius 1 is 1.26 bits per heavy atom. The number of benzene rings is 1. The predicted molar refractivity (Wildman–Crippen MR) is 70.4 cm³/mol. The number of ether oxygens (including phenoxy) is 1. The second kappa shape index (κ2) is 5.92. The molecule has 1 aromatic carbocycles. The fraction of sp³-hybridized carbons (Fsp3) is 0.154. The van der Waals surface area contributed by atoms with Crippen LogP contribution in [0.1, 0.15) is 11.1 Å². The van der Waals surface area contributed by atoms with Gasteiger partial charge in [-0.3, -0.25) is 5.41 Å². The molecule has 6 heteroatoms. The van der Waals surface area contributed by atoms with E-state index >= 15 is 0 Å². The number of nitrogens with one attached hydrogen (secondary N) is 1. The molecular weight excluding hydrogens is 244 g/mol. The minimum Gasteiger partial charge on any atom is -0.437 e. The highest BCUT2D eigenvalue weighted by atomic mass is 16.5. The van der Waals surface area contributed by atoms with Gasteiger partial charge in [0.05, 0.1) is 11.8 Å². The van der Waals surface area contributed by atoms with Gasteiger partial charge < -0.3 is 15.6 Å². The van der Waals surface area contributed by atoms with E-state index in [-0.39, 0.29) is 18.3 Å². The van der Waals surface area contributed by atoms with Gasteiger partial charge in [-0.15, -0.1) is 5.10 Å². The van der Waals surface area contributed by atoms with E-state index in [0.29, 0.717) is 17.7 Å². The Morgan fingerprint density at radius 3 is 2.63 bits per heavy atom. The third kappa shape index (κ3) is 3.26. The summed E-state index contributed by atoms with van der Waals surface area (Å²) in [6.45, 7) is 0.110. The Hall–Kier alpha value is -2.47. The molecule has 0 unspecified atom stereocenters. The molecular formula is C13H14N4O2. The van der Waals surface area contributed by atoms with Gasteiger partial charge in [-0.25, -0.2) is 0 Å². The maximum Gasteiger partial charge on any atom is 0.249 e. The minimum atomic E-state index is -0.123. The molecule has 0 aliphatic carbocycles. The molecule has 2 rings (SSSR count). The first-order chi connectivity index (χ1) is 9.20. The molecule has 98 valence electrons. The van der Waals surface area contributed by atoms with Crippen LogP contribution < -0.4 is 10.5 Å². The van der Waals surface area contributed by atoms with Crippen LogP contribution in [0.15, 0.2) is 36.5 Å². The molecule has 0 atom stereocenters.